The molecule has 44 valence electrons. The standard InChI is InChI=1S/C4H13N3/c1-3-4-7(2)6-5/h6H,3-5H2,1-2H3. The zero-order valence-corrected chi connectivity index (χ0v) is 4.94. The van der Waals surface area contributed by atoms with E-state index in [0.717, 1.165) is 13.0 Å². The Labute approximate surface area is 44.4 Å². The molecule has 0 aliphatic carbocycles. The Bertz CT molecular complexity index is 37.9. The van der Waals surface area contributed by atoms with Crippen molar-refractivity contribution in [3.8, 4) is 0 Å². The zero-order valence-electron chi connectivity index (χ0n) is 4.94. The van der Waals surface area contributed by atoms with Crippen LogP contribution in [0.25, 0.3) is 0 Å². The Morgan fingerprint density at radius 3 is 2.43 bits per heavy atom. The second-order valence-electron chi connectivity index (χ2n) is 1.55. The van der Waals surface area contributed by atoms with E-state index < -0.39 is 0 Å². The Morgan fingerprint density at radius 1 is 1.71 bits per heavy atom. The molecule has 7 heavy (non-hydrogen) atoms. The lowest BCUT2D eigenvalue weighted by molar-refractivity contribution is 0.239. The number of hydrazine groups is 2. The second-order valence-corrected chi connectivity index (χ2v) is 1.55. The van der Waals surface area contributed by atoms with E-state index in [4.69, 9.17) is 5.84 Å². The van der Waals surface area contributed by atoms with Crippen LogP contribution in [0.5, 0.6) is 0 Å². The van der Waals surface area contributed by atoms with Crippen LogP contribution in [0.4, 0.5) is 0 Å². The SMILES string of the molecule is CCCN(C)NN. The first-order chi connectivity index (χ1) is 3.31. The smallest absolute Gasteiger partial charge is 0.0138 e. The van der Waals surface area contributed by atoms with Gasteiger partial charge in [0.25, 0.3) is 0 Å². The lowest BCUT2D eigenvalue weighted by Crippen LogP contribution is -2.39. The third-order valence-corrected chi connectivity index (χ3v) is 0.779. The predicted molar refractivity (Wildman–Crippen MR) is 30.2 cm³/mol. The van der Waals surface area contributed by atoms with Crippen LogP contribution in [0.2, 0.25) is 0 Å². The summed E-state index contributed by atoms with van der Waals surface area (Å²) in [5.74, 6) is 5.03. The Morgan fingerprint density at radius 2 is 2.29 bits per heavy atom. The third-order valence-electron chi connectivity index (χ3n) is 0.779. The summed E-state index contributed by atoms with van der Waals surface area (Å²) in [6.07, 6.45) is 1.13. The molecule has 0 heterocycles. The molecule has 0 bridgehead atoms. The number of nitrogens with two attached hydrogens (primary N) is 1. The fraction of sp³-hybridized carbons (Fsp3) is 1.00. The van der Waals surface area contributed by atoms with Gasteiger partial charge in [-0.2, -0.15) is 5.53 Å². The van der Waals surface area contributed by atoms with E-state index >= 15 is 0 Å². The maximum absolute atomic E-state index is 5.03. The molecule has 0 spiro atoms. The van der Waals surface area contributed by atoms with E-state index in [1.165, 1.54) is 0 Å². The van der Waals surface area contributed by atoms with Gasteiger partial charge in [-0.15, -0.1) is 0 Å². The van der Waals surface area contributed by atoms with Crippen molar-refractivity contribution in [2.24, 2.45) is 5.84 Å². The fourth-order valence-electron chi connectivity index (χ4n) is 0.400. The number of hydrogen-bond acceptors (Lipinski definition) is 3. The summed E-state index contributed by atoms with van der Waals surface area (Å²) in [5, 5.41) is 1.83. The average molecular weight is 103 g/mol. The molecule has 0 amide bonds. The highest BCUT2D eigenvalue weighted by Crippen LogP contribution is 1.75. The van der Waals surface area contributed by atoms with E-state index in [1.807, 2.05) is 12.1 Å². The lowest BCUT2D eigenvalue weighted by atomic mass is 10.5. The minimum Gasteiger partial charge on any atom is -0.258 e. The second kappa shape index (κ2) is 4.05. The highest BCUT2D eigenvalue weighted by molar-refractivity contribution is 4.33. The minimum atomic E-state index is 0.997. The van der Waals surface area contributed by atoms with Gasteiger partial charge in [-0.05, 0) is 6.42 Å². The van der Waals surface area contributed by atoms with Crippen molar-refractivity contribution in [1.29, 1.82) is 0 Å². The van der Waals surface area contributed by atoms with E-state index in [0.29, 0.717) is 0 Å². The summed E-state index contributed by atoms with van der Waals surface area (Å²) in [7, 11) is 1.91. The zero-order chi connectivity index (χ0) is 5.70. The van der Waals surface area contributed by atoms with Crippen LogP contribution in [0, 0.1) is 0 Å². The number of nitrogens with one attached hydrogen (secondary N) is 1. The first-order valence-electron chi connectivity index (χ1n) is 2.48. The first kappa shape index (κ1) is 6.88. The van der Waals surface area contributed by atoms with E-state index in [1.54, 1.807) is 0 Å². The molecule has 0 aromatic rings. The van der Waals surface area contributed by atoms with Crippen molar-refractivity contribution in [2.45, 2.75) is 13.3 Å². The summed E-state index contributed by atoms with van der Waals surface area (Å²) in [6.45, 7) is 3.10. The monoisotopic (exact) mass is 103 g/mol. The molecule has 0 aromatic carbocycles. The molecular weight excluding hydrogens is 90.1 g/mol. The van der Waals surface area contributed by atoms with E-state index in [2.05, 4.69) is 12.5 Å². The lowest BCUT2D eigenvalue weighted by Gasteiger charge is -2.11. The summed E-state index contributed by atoms with van der Waals surface area (Å²) < 4.78 is 0. The van der Waals surface area contributed by atoms with Crippen LogP contribution in [-0.2, 0) is 0 Å². The molecule has 0 aliphatic heterocycles. The maximum Gasteiger partial charge on any atom is 0.0138 e. The quantitative estimate of drug-likeness (QED) is 0.381. The molecule has 3 heteroatoms. The third kappa shape index (κ3) is 3.72. The van der Waals surface area contributed by atoms with Crippen molar-refractivity contribution in [3.05, 3.63) is 0 Å². The molecule has 0 fully saturated rings. The van der Waals surface area contributed by atoms with Gasteiger partial charge in [0, 0.05) is 13.6 Å². The van der Waals surface area contributed by atoms with E-state index in [9.17, 15) is 0 Å². The van der Waals surface area contributed by atoms with Crippen molar-refractivity contribution in [1.82, 2.24) is 10.5 Å². The normalized spacial score (nSPS) is 10.3. The molecule has 0 rings (SSSR count). The van der Waals surface area contributed by atoms with Crippen molar-refractivity contribution in [3.63, 3.8) is 0 Å². The highest BCUT2D eigenvalue weighted by Gasteiger charge is 1.85. The molecule has 0 unspecified atom stereocenters. The van der Waals surface area contributed by atoms with Crippen LogP contribution in [0.1, 0.15) is 13.3 Å². The van der Waals surface area contributed by atoms with Crippen LogP contribution < -0.4 is 11.4 Å². The molecule has 0 radical (unpaired) electrons. The van der Waals surface area contributed by atoms with Gasteiger partial charge >= 0.3 is 0 Å². The van der Waals surface area contributed by atoms with Gasteiger partial charge in [0.15, 0.2) is 0 Å². The highest BCUT2D eigenvalue weighted by atomic mass is 15.6. The molecule has 0 aromatic heterocycles. The summed E-state index contributed by atoms with van der Waals surface area (Å²) in [6, 6.07) is 0. The predicted octanol–water partition coefficient (Wildman–Crippen LogP) is -0.294. The summed E-state index contributed by atoms with van der Waals surface area (Å²) >= 11 is 0. The van der Waals surface area contributed by atoms with E-state index in [-0.39, 0.29) is 0 Å². The number of rotatable bonds is 3. The Balaban J connectivity index is 2.83. The molecule has 0 saturated carbocycles. The topological polar surface area (TPSA) is 41.3 Å². The average Bonchev–Trinajstić information content (AvgIpc) is 1.68. The molecule has 0 aliphatic rings. The minimum absolute atomic E-state index is 0.997. The van der Waals surface area contributed by atoms with Gasteiger partial charge < -0.3 is 0 Å². The van der Waals surface area contributed by atoms with Gasteiger partial charge in [0.05, 0.1) is 0 Å². The van der Waals surface area contributed by atoms with Crippen molar-refractivity contribution in [2.75, 3.05) is 13.6 Å². The Hall–Kier alpha value is -0.120. The van der Waals surface area contributed by atoms with Gasteiger partial charge in [-0.25, -0.2) is 5.01 Å². The summed E-state index contributed by atoms with van der Waals surface area (Å²) in [5.41, 5.74) is 2.50. The van der Waals surface area contributed by atoms with Crippen molar-refractivity contribution >= 4 is 0 Å². The maximum atomic E-state index is 5.03. The van der Waals surface area contributed by atoms with Crippen LogP contribution in [0.3, 0.4) is 0 Å². The number of nitrogens with zero attached hydrogens (tertiary/aromatic N) is 1. The van der Waals surface area contributed by atoms with Gasteiger partial charge in [-0.3, -0.25) is 5.84 Å². The van der Waals surface area contributed by atoms with Gasteiger partial charge in [-0.1, -0.05) is 6.92 Å². The van der Waals surface area contributed by atoms with Crippen LogP contribution in [-0.4, -0.2) is 18.6 Å². The van der Waals surface area contributed by atoms with Crippen LogP contribution in [0.15, 0.2) is 0 Å². The van der Waals surface area contributed by atoms with Crippen molar-refractivity contribution < 1.29 is 0 Å². The molecule has 0 saturated heterocycles. The van der Waals surface area contributed by atoms with Gasteiger partial charge in [0.1, 0.15) is 0 Å². The molecule has 3 nitrogen and oxygen atoms in total. The van der Waals surface area contributed by atoms with Gasteiger partial charge in [0.2, 0.25) is 0 Å². The largest absolute Gasteiger partial charge is 0.258 e. The first-order valence-corrected chi connectivity index (χ1v) is 2.48. The Kier molecular flexibility index (Phi) is 3.98. The molecule has 3 N–H and O–H groups in total. The summed E-state index contributed by atoms with van der Waals surface area (Å²) in [4.78, 5) is 0. The van der Waals surface area contributed by atoms with Crippen LogP contribution >= 0.6 is 0 Å². The number of hydrogen-bond donors (Lipinski definition) is 2. The molecule has 0 atom stereocenters. The molecular formula is C4H13N3. The fourth-order valence-corrected chi connectivity index (χ4v) is 0.400.